The van der Waals surface area contributed by atoms with Crippen molar-refractivity contribution in [2.45, 2.75) is 18.4 Å². The number of hydrogen-bond donors (Lipinski definition) is 2. The van der Waals surface area contributed by atoms with Crippen molar-refractivity contribution in [3.8, 4) is 0 Å². The minimum absolute atomic E-state index is 0.116. The Bertz CT molecular complexity index is 443. The molecular weight excluding hydrogens is 260 g/mol. The van der Waals surface area contributed by atoms with Crippen LogP contribution in [0.25, 0.3) is 0 Å². The van der Waals surface area contributed by atoms with Crippen molar-refractivity contribution in [3.63, 3.8) is 0 Å². The number of methoxy groups -OCH3 is 1. The lowest BCUT2D eigenvalue weighted by atomic mass is 10.0. The Hall–Kier alpha value is -1.73. The van der Waals surface area contributed by atoms with E-state index >= 15 is 0 Å². The highest BCUT2D eigenvalue weighted by Gasteiger charge is 2.37. The van der Waals surface area contributed by atoms with Gasteiger partial charge in [0.25, 0.3) is 0 Å². The first kappa shape index (κ1) is 14.7. The molecule has 7 heteroatoms. The Balaban J connectivity index is 1.83. The van der Waals surface area contributed by atoms with Crippen LogP contribution in [0.3, 0.4) is 0 Å². The van der Waals surface area contributed by atoms with E-state index in [1.54, 1.807) is 25.6 Å². The van der Waals surface area contributed by atoms with Crippen molar-refractivity contribution in [2.75, 3.05) is 38.3 Å². The number of rotatable bonds is 6. The van der Waals surface area contributed by atoms with Gasteiger partial charge in [-0.2, -0.15) is 0 Å². The van der Waals surface area contributed by atoms with Gasteiger partial charge in [-0.3, -0.25) is 4.79 Å². The highest BCUT2D eigenvalue weighted by Crippen LogP contribution is 2.23. The van der Waals surface area contributed by atoms with Crippen LogP contribution < -0.4 is 10.2 Å². The molecule has 0 unspecified atom stereocenters. The topological polar surface area (TPSA) is 87.6 Å². The minimum Gasteiger partial charge on any atom is -0.386 e. The summed E-state index contributed by atoms with van der Waals surface area (Å²) in [6.07, 6.45) is 4.23. The van der Waals surface area contributed by atoms with Crippen LogP contribution in [0, 0.1) is 0 Å². The van der Waals surface area contributed by atoms with Crippen LogP contribution in [-0.4, -0.2) is 59.9 Å². The molecule has 0 aliphatic carbocycles. The van der Waals surface area contributed by atoms with E-state index in [0.29, 0.717) is 38.5 Å². The molecule has 20 heavy (non-hydrogen) atoms. The molecule has 1 aromatic rings. The number of β-amino-alcohol motifs (C(OH)–C–C–N with tert-alkyl or cyclic N) is 1. The fraction of sp³-hybridized carbons (Fsp3) is 0.615. The number of ether oxygens (including phenoxy) is 1. The van der Waals surface area contributed by atoms with E-state index < -0.39 is 5.60 Å². The number of aromatic nitrogens is 2. The molecular formula is C13H20N4O3. The highest BCUT2D eigenvalue weighted by atomic mass is 16.5. The summed E-state index contributed by atoms with van der Waals surface area (Å²) >= 11 is 0. The van der Waals surface area contributed by atoms with Gasteiger partial charge < -0.3 is 20.1 Å². The summed E-state index contributed by atoms with van der Waals surface area (Å²) < 4.78 is 4.84. The molecule has 0 spiro atoms. The van der Waals surface area contributed by atoms with Crippen LogP contribution in [0.1, 0.15) is 12.8 Å². The molecule has 1 atom stereocenters. The number of carbonyl (C=O) groups excluding carboxylic acids is 1. The van der Waals surface area contributed by atoms with E-state index in [4.69, 9.17) is 4.74 Å². The molecule has 1 fully saturated rings. The SMILES string of the molecule is COCCC(=O)NC[C@@]1(O)CCN(c2ncccn2)C1. The predicted octanol–water partition coefficient (Wildman–Crippen LogP) is -0.429. The Morgan fingerprint density at radius 3 is 3.00 bits per heavy atom. The Kier molecular flexibility index (Phi) is 4.86. The highest BCUT2D eigenvalue weighted by molar-refractivity contribution is 5.76. The van der Waals surface area contributed by atoms with Gasteiger partial charge in [0, 0.05) is 39.0 Å². The van der Waals surface area contributed by atoms with Crippen LogP contribution in [0.5, 0.6) is 0 Å². The van der Waals surface area contributed by atoms with Gasteiger partial charge in [0.1, 0.15) is 5.60 Å². The molecule has 1 aromatic heterocycles. The Labute approximate surface area is 118 Å². The molecule has 1 aliphatic rings. The first-order valence-corrected chi connectivity index (χ1v) is 6.63. The molecule has 7 nitrogen and oxygen atoms in total. The Morgan fingerprint density at radius 2 is 2.30 bits per heavy atom. The molecule has 1 saturated heterocycles. The van der Waals surface area contributed by atoms with E-state index in [9.17, 15) is 9.90 Å². The molecule has 2 heterocycles. The second-order valence-electron chi connectivity index (χ2n) is 4.96. The number of aliphatic hydroxyl groups is 1. The van der Waals surface area contributed by atoms with E-state index in [1.165, 1.54) is 0 Å². The second-order valence-corrected chi connectivity index (χ2v) is 4.96. The zero-order chi connectivity index (χ0) is 14.4. The summed E-state index contributed by atoms with van der Waals surface area (Å²) in [6, 6.07) is 1.75. The molecule has 2 rings (SSSR count). The monoisotopic (exact) mass is 280 g/mol. The lowest BCUT2D eigenvalue weighted by Crippen LogP contribution is -2.45. The molecule has 0 aromatic carbocycles. The second kappa shape index (κ2) is 6.62. The summed E-state index contributed by atoms with van der Waals surface area (Å²) in [7, 11) is 1.55. The number of carbonyl (C=O) groups is 1. The molecule has 0 radical (unpaired) electrons. The number of amides is 1. The third-order valence-electron chi connectivity index (χ3n) is 3.32. The third kappa shape index (κ3) is 3.88. The zero-order valence-corrected chi connectivity index (χ0v) is 11.6. The lowest BCUT2D eigenvalue weighted by molar-refractivity contribution is -0.123. The minimum atomic E-state index is -0.929. The quantitative estimate of drug-likeness (QED) is 0.735. The maximum Gasteiger partial charge on any atom is 0.225 e. The van der Waals surface area contributed by atoms with Crippen molar-refractivity contribution >= 4 is 11.9 Å². The Morgan fingerprint density at radius 1 is 1.55 bits per heavy atom. The normalized spacial score (nSPS) is 22.0. The summed E-state index contributed by atoms with van der Waals surface area (Å²) in [4.78, 5) is 21.8. The smallest absolute Gasteiger partial charge is 0.225 e. The maximum absolute atomic E-state index is 11.5. The van der Waals surface area contributed by atoms with Crippen LogP contribution in [-0.2, 0) is 9.53 Å². The molecule has 2 N–H and O–H groups in total. The van der Waals surface area contributed by atoms with Crippen molar-refractivity contribution in [3.05, 3.63) is 18.5 Å². The maximum atomic E-state index is 11.5. The first-order chi connectivity index (χ1) is 9.63. The third-order valence-corrected chi connectivity index (χ3v) is 3.32. The number of nitrogens with zero attached hydrogens (tertiary/aromatic N) is 3. The number of hydrogen-bond acceptors (Lipinski definition) is 6. The van der Waals surface area contributed by atoms with Crippen molar-refractivity contribution < 1.29 is 14.6 Å². The zero-order valence-electron chi connectivity index (χ0n) is 11.6. The van der Waals surface area contributed by atoms with Gasteiger partial charge in [0.15, 0.2) is 0 Å². The fourth-order valence-electron chi connectivity index (χ4n) is 2.17. The molecule has 0 bridgehead atoms. The van der Waals surface area contributed by atoms with Gasteiger partial charge in [-0.1, -0.05) is 0 Å². The van der Waals surface area contributed by atoms with Gasteiger partial charge in [0.05, 0.1) is 13.2 Å². The van der Waals surface area contributed by atoms with Crippen LogP contribution in [0.15, 0.2) is 18.5 Å². The summed E-state index contributed by atoms with van der Waals surface area (Å²) in [5, 5.41) is 13.2. The summed E-state index contributed by atoms with van der Waals surface area (Å²) in [5.41, 5.74) is -0.929. The van der Waals surface area contributed by atoms with Gasteiger partial charge in [-0.05, 0) is 12.5 Å². The average molecular weight is 280 g/mol. The molecule has 0 saturated carbocycles. The van der Waals surface area contributed by atoms with Crippen molar-refractivity contribution in [1.82, 2.24) is 15.3 Å². The molecule has 110 valence electrons. The lowest BCUT2D eigenvalue weighted by Gasteiger charge is -2.23. The van der Waals surface area contributed by atoms with Crippen molar-refractivity contribution in [2.24, 2.45) is 0 Å². The van der Waals surface area contributed by atoms with E-state index in [2.05, 4.69) is 15.3 Å². The standard InChI is InChI=1S/C13H20N4O3/c1-20-8-3-11(18)16-9-13(19)4-7-17(10-13)12-14-5-2-6-15-12/h2,5-6,19H,3-4,7-10H2,1H3,(H,16,18)/t13-/m0/s1. The van der Waals surface area contributed by atoms with Gasteiger partial charge in [0.2, 0.25) is 11.9 Å². The first-order valence-electron chi connectivity index (χ1n) is 6.63. The van der Waals surface area contributed by atoms with Crippen LogP contribution in [0.2, 0.25) is 0 Å². The van der Waals surface area contributed by atoms with E-state index in [1.807, 2.05) is 4.90 Å². The molecule has 1 amide bonds. The van der Waals surface area contributed by atoms with E-state index in [0.717, 1.165) is 0 Å². The van der Waals surface area contributed by atoms with E-state index in [-0.39, 0.29) is 12.5 Å². The van der Waals surface area contributed by atoms with Gasteiger partial charge in [-0.25, -0.2) is 9.97 Å². The molecule has 1 aliphatic heterocycles. The van der Waals surface area contributed by atoms with Crippen LogP contribution in [0.4, 0.5) is 5.95 Å². The van der Waals surface area contributed by atoms with Crippen molar-refractivity contribution in [1.29, 1.82) is 0 Å². The van der Waals surface area contributed by atoms with Gasteiger partial charge in [-0.15, -0.1) is 0 Å². The predicted molar refractivity (Wildman–Crippen MR) is 73.3 cm³/mol. The largest absolute Gasteiger partial charge is 0.386 e. The summed E-state index contributed by atoms with van der Waals surface area (Å²) in [6.45, 7) is 1.71. The summed E-state index contributed by atoms with van der Waals surface area (Å²) in [5.74, 6) is 0.490. The van der Waals surface area contributed by atoms with Crippen LogP contribution >= 0.6 is 0 Å². The van der Waals surface area contributed by atoms with Gasteiger partial charge >= 0.3 is 0 Å². The average Bonchev–Trinajstić information content (AvgIpc) is 2.87. The number of nitrogens with one attached hydrogen (secondary N) is 1. The fourth-order valence-corrected chi connectivity index (χ4v) is 2.17. The number of anilines is 1.